The van der Waals surface area contributed by atoms with E-state index in [9.17, 15) is 4.79 Å². The molecule has 0 aliphatic rings. The average molecular weight is 205 g/mol. The largest absolute Gasteiger partial charge is 0.481 e. The van der Waals surface area contributed by atoms with E-state index in [1.54, 1.807) is 18.2 Å². The van der Waals surface area contributed by atoms with E-state index in [0.29, 0.717) is 16.3 Å². The van der Waals surface area contributed by atoms with Crippen LogP contribution < -0.4 is 10.5 Å². The molecule has 0 fully saturated rings. The summed E-state index contributed by atoms with van der Waals surface area (Å²) in [6, 6.07) is 6.27. The number of primary amides is 1. The molecule has 0 saturated carbocycles. The van der Waals surface area contributed by atoms with Gasteiger partial charge in [-0.3, -0.25) is 4.79 Å². The number of carbonyl (C=O) groups excluding carboxylic acids is 1. The highest BCUT2D eigenvalue weighted by Crippen LogP contribution is 2.23. The van der Waals surface area contributed by atoms with Gasteiger partial charge in [0.05, 0.1) is 11.2 Å². The second kappa shape index (κ2) is 3.57. The average Bonchev–Trinajstić information content (AvgIpc) is 2.26. The van der Waals surface area contributed by atoms with Gasteiger partial charge in [-0.2, -0.15) is 0 Å². The zero-order valence-electron chi connectivity index (χ0n) is 10.7. The minimum absolute atomic E-state index is 0.00326. The molecule has 0 aliphatic carbocycles. The third-order valence-electron chi connectivity index (χ3n) is 2.11. The Morgan fingerprint density at radius 3 is 3.13 bits per heavy atom. The fourth-order valence-corrected chi connectivity index (χ4v) is 1.38. The predicted molar refractivity (Wildman–Crippen MR) is 56.8 cm³/mol. The number of methoxy groups -OCH3 is 1. The van der Waals surface area contributed by atoms with Crippen molar-refractivity contribution < 1.29 is 13.6 Å². The van der Waals surface area contributed by atoms with E-state index in [1.165, 1.54) is 12.3 Å². The van der Waals surface area contributed by atoms with E-state index in [0.717, 1.165) is 0 Å². The summed E-state index contributed by atoms with van der Waals surface area (Å²) in [5.41, 5.74) is 5.51. The minimum Gasteiger partial charge on any atom is -0.481 e. The molecule has 0 atom stereocenters. The predicted octanol–water partition coefficient (Wildman–Crippen LogP) is 1.34. The number of nitrogens with zero attached hydrogens (tertiary/aromatic N) is 1. The van der Waals surface area contributed by atoms with E-state index >= 15 is 0 Å². The highest BCUT2D eigenvalue weighted by atomic mass is 16.5. The van der Waals surface area contributed by atoms with Crippen molar-refractivity contribution in [1.29, 1.82) is 0 Å². The van der Waals surface area contributed by atoms with Gasteiger partial charge in [0.15, 0.2) is 0 Å². The van der Waals surface area contributed by atoms with Crippen molar-refractivity contribution >= 4 is 16.7 Å². The van der Waals surface area contributed by atoms with Crippen LogP contribution in [0.15, 0.2) is 30.5 Å². The molecule has 76 valence electrons. The van der Waals surface area contributed by atoms with Gasteiger partial charge in [-0.05, 0) is 29.7 Å². The van der Waals surface area contributed by atoms with Gasteiger partial charge in [0.1, 0.15) is 0 Å². The summed E-state index contributed by atoms with van der Waals surface area (Å²) >= 11 is 0. The Balaban J connectivity index is 2.54. The summed E-state index contributed by atoms with van der Waals surface area (Å²) in [5, 5.41) is 1.15. The first kappa shape index (κ1) is 6.40. The lowest BCUT2D eigenvalue weighted by Gasteiger charge is -2.04. The second-order valence-corrected chi connectivity index (χ2v) is 3.02. The number of nitrogens with two attached hydrogens (primary N) is 1. The number of amides is 1. The zero-order valence-corrected chi connectivity index (χ0v) is 7.73. The fourth-order valence-electron chi connectivity index (χ4n) is 1.38. The minimum atomic E-state index is -2.57. The first-order valence-corrected chi connectivity index (χ1v) is 4.24. The molecule has 0 spiro atoms. The number of carbonyl (C=O) groups is 1. The van der Waals surface area contributed by atoms with Crippen LogP contribution in [0.4, 0.5) is 0 Å². The van der Waals surface area contributed by atoms with Gasteiger partial charge < -0.3 is 10.5 Å². The molecule has 0 aliphatic heterocycles. The van der Waals surface area contributed by atoms with Crippen molar-refractivity contribution in [3.8, 4) is 5.88 Å². The third-order valence-corrected chi connectivity index (χ3v) is 2.11. The molecule has 2 N–H and O–H groups in total. The van der Waals surface area contributed by atoms with E-state index in [4.69, 9.17) is 14.6 Å². The quantitative estimate of drug-likeness (QED) is 0.804. The number of aromatic nitrogens is 1. The molecule has 1 aromatic heterocycles. The summed E-state index contributed by atoms with van der Waals surface area (Å²) in [4.78, 5) is 14.9. The monoisotopic (exact) mass is 205 g/mol. The van der Waals surface area contributed by atoms with Crippen molar-refractivity contribution in [1.82, 2.24) is 4.98 Å². The van der Waals surface area contributed by atoms with E-state index < -0.39 is 12.9 Å². The van der Waals surface area contributed by atoms with Crippen LogP contribution in [-0.2, 0) is 0 Å². The highest BCUT2D eigenvalue weighted by molar-refractivity contribution is 5.98. The molecule has 4 heteroatoms. The molecule has 2 rings (SSSR count). The van der Waals surface area contributed by atoms with Gasteiger partial charge in [-0.25, -0.2) is 4.98 Å². The molecule has 2 aromatic rings. The zero-order chi connectivity index (χ0) is 13.3. The molecule has 15 heavy (non-hydrogen) atoms. The summed E-state index contributed by atoms with van der Waals surface area (Å²) in [5.74, 6) is -0.546. The lowest BCUT2D eigenvalue weighted by molar-refractivity contribution is 0.100. The summed E-state index contributed by atoms with van der Waals surface area (Å²) in [6.45, 7) is 0. The van der Waals surface area contributed by atoms with Crippen molar-refractivity contribution in [2.45, 2.75) is 0 Å². The number of fused-ring (bicyclic) bond motifs is 1. The summed E-state index contributed by atoms with van der Waals surface area (Å²) < 4.78 is 25.9. The van der Waals surface area contributed by atoms with Gasteiger partial charge >= 0.3 is 0 Å². The van der Waals surface area contributed by atoms with E-state index in [2.05, 4.69) is 4.98 Å². The first-order chi connectivity index (χ1) is 8.37. The lowest BCUT2D eigenvalue weighted by Crippen LogP contribution is -2.10. The lowest BCUT2D eigenvalue weighted by atomic mass is 10.1. The number of hydrogen-bond donors (Lipinski definition) is 1. The van der Waals surface area contributed by atoms with Gasteiger partial charge in [0.2, 0.25) is 11.8 Å². The van der Waals surface area contributed by atoms with E-state index in [1.807, 2.05) is 0 Å². The number of ether oxygens (including phenoxy) is 1. The van der Waals surface area contributed by atoms with Crippen LogP contribution in [0, 0.1) is 0 Å². The molecule has 4 nitrogen and oxygen atoms in total. The maximum absolute atomic E-state index is 11.0. The van der Waals surface area contributed by atoms with Crippen molar-refractivity contribution in [2.75, 3.05) is 7.04 Å². The second-order valence-electron chi connectivity index (χ2n) is 3.02. The van der Waals surface area contributed by atoms with E-state index in [-0.39, 0.29) is 5.88 Å². The smallest absolute Gasteiger partial charge is 0.248 e. The van der Waals surface area contributed by atoms with Gasteiger partial charge in [-0.1, -0.05) is 0 Å². The maximum atomic E-state index is 11.0. The van der Waals surface area contributed by atoms with Crippen LogP contribution >= 0.6 is 0 Å². The Bertz CT molecular complexity index is 611. The standard InChI is InChI=1S/C11H10N2O2/c1-15-11-9-3-2-8(10(12)14)6-7(9)4-5-13-11/h2-6H,1H3,(H2,12,14)/i1D3. The van der Waals surface area contributed by atoms with Gasteiger partial charge in [-0.15, -0.1) is 0 Å². The number of rotatable bonds is 2. The Labute approximate surface area is 90.9 Å². The molecule has 0 radical (unpaired) electrons. The number of benzene rings is 1. The van der Waals surface area contributed by atoms with Gasteiger partial charge in [0.25, 0.3) is 0 Å². The molecule has 0 saturated heterocycles. The van der Waals surface area contributed by atoms with Crippen LogP contribution in [0.25, 0.3) is 10.8 Å². The van der Waals surface area contributed by atoms with Crippen LogP contribution in [0.2, 0.25) is 0 Å². The molecule has 0 bridgehead atoms. The van der Waals surface area contributed by atoms with Crippen LogP contribution in [-0.4, -0.2) is 17.9 Å². The normalized spacial score (nSPS) is 14.0. The Morgan fingerprint density at radius 2 is 2.40 bits per heavy atom. The fraction of sp³-hybridized carbons (Fsp3) is 0.0909. The van der Waals surface area contributed by atoms with Crippen molar-refractivity contribution in [3.63, 3.8) is 0 Å². The molecule has 1 aromatic carbocycles. The third kappa shape index (κ3) is 1.61. The summed E-state index contributed by atoms with van der Waals surface area (Å²) in [7, 11) is -2.57. The Morgan fingerprint density at radius 1 is 1.53 bits per heavy atom. The van der Waals surface area contributed by atoms with Crippen LogP contribution in [0.5, 0.6) is 5.88 Å². The highest BCUT2D eigenvalue weighted by Gasteiger charge is 2.05. The number of hydrogen-bond acceptors (Lipinski definition) is 3. The molecule has 1 heterocycles. The molecular weight excluding hydrogens is 192 g/mol. The topological polar surface area (TPSA) is 65.2 Å². The van der Waals surface area contributed by atoms with Gasteiger partial charge in [0, 0.05) is 17.1 Å². The first-order valence-electron chi connectivity index (χ1n) is 5.74. The van der Waals surface area contributed by atoms with Crippen LogP contribution in [0.1, 0.15) is 14.5 Å². The maximum Gasteiger partial charge on any atom is 0.248 e. The molecular formula is C11H10N2O2. The van der Waals surface area contributed by atoms with Crippen molar-refractivity contribution in [2.24, 2.45) is 5.73 Å². The Hall–Kier alpha value is -2.10. The van der Waals surface area contributed by atoms with Crippen LogP contribution in [0.3, 0.4) is 0 Å². The SMILES string of the molecule is [2H]C([2H])([2H])Oc1nccc2cc(C(N)=O)ccc12. The molecule has 0 unspecified atom stereocenters. The van der Waals surface area contributed by atoms with Crippen molar-refractivity contribution in [3.05, 3.63) is 36.0 Å². The number of pyridine rings is 1. The molecule has 1 amide bonds. The summed E-state index contributed by atoms with van der Waals surface area (Å²) in [6.07, 6.45) is 1.41. The Kier molecular flexibility index (Phi) is 1.52.